The van der Waals surface area contributed by atoms with E-state index >= 15 is 0 Å². The summed E-state index contributed by atoms with van der Waals surface area (Å²) < 4.78 is 7.52. The highest BCUT2D eigenvalue weighted by atomic mass is 32.1. The molecule has 0 amide bonds. The van der Waals surface area contributed by atoms with Crippen LogP contribution in [-0.4, -0.2) is 31.4 Å². The molecule has 0 aromatic carbocycles. The Labute approximate surface area is 137 Å². The molecule has 0 radical (unpaired) electrons. The van der Waals surface area contributed by atoms with Crippen molar-refractivity contribution in [1.82, 2.24) is 30.2 Å². The zero-order valence-corrected chi connectivity index (χ0v) is 13.7. The lowest BCUT2D eigenvalue weighted by Gasteiger charge is -2.23. The maximum absolute atomic E-state index is 5.30. The third-order valence-electron chi connectivity index (χ3n) is 4.15. The summed E-state index contributed by atoms with van der Waals surface area (Å²) in [5.41, 5.74) is 0. The van der Waals surface area contributed by atoms with Crippen molar-refractivity contribution in [2.24, 2.45) is 5.92 Å². The van der Waals surface area contributed by atoms with Crippen molar-refractivity contribution in [3.05, 3.63) is 35.1 Å². The summed E-state index contributed by atoms with van der Waals surface area (Å²) in [6.07, 6.45) is 2.13. The largest absolute Gasteiger partial charge is 0.338 e. The van der Waals surface area contributed by atoms with E-state index in [1.165, 1.54) is 0 Å². The Hall–Kier alpha value is -2.06. The molecule has 0 spiro atoms. The van der Waals surface area contributed by atoms with Gasteiger partial charge in [0.15, 0.2) is 0 Å². The Kier molecular flexibility index (Phi) is 3.92. The maximum Gasteiger partial charge on any atom is 0.240 e. The van der Waals surface area contributed by atoms with Crippen LogP contribution in [0.1, 0.15) is 24.0 Å². The van der Waals surface area contributed by atoms with Crippen LogP contribution in [0, 0.1) is 12.8 Å². The van der Waals surface area contributed by atoms with Crippen molar-refractivity contribution in [3.63, 3.8) is 0 Å². The second-order valence-corrected chi connectivity index (χ2v) is 6.75. The average molecular weight is 330 g/mol. The molecular formula is C15H18N6OS. The molecule has 7 nitrogen and oxygen atoms in total. The molecule has 1 aliphatic heterocycles. The molecule has 0 fully saturated rings. The van der Waals surface area contributed by atoms with Gasteiger partial charge in [-0.25, -0.2) is 0 Å². The van der Waals surface area contributed by atoms with Gasteiger partial charge in [0.25, 0.3) is 0 Å². The molecule has 4 rings (SSSR count). The van der Waals surface area contributed by atoms with E-state index in [-0.39, 0.29) is 0 Å². The number of aryl methyl sites for hydroxylation is 2. The zero-order valence-electron chi connectivity index (χ0n) is 12.9. The van der Waals surface area contributed by atoms with Gasteiger partial charge in [-0.1, -0.05) is 11.2 Å². The van der Waals surface area contributed by atoms with Crippen LogP contribution in [0.4, 0.5) is 0 Å². The summed E-state index contributed by atoms with van der Waals surface area (Å²) in [6, 6.07) is 3.98. The van der Waals surface area contributed by atoms with E-state index in [1.54, 1.807) is 11.3 Å². The number of hydrogen-bond acceptors (Lipinski definition) is 7. The van der Waals surface area contributed by atoms with Crippen molar-refractivity contribution in [1.29, 1.82) is 0 Å². The first-order chi connectivity index (χ1) is 11.3. The molecule has 3 aromatic heterocycles. The van der Waals surface area contributed by atoms with E-state index < -0.39 is 0 Å². The van der Waals surface area contributed by atoms with E-state index in [2.05, 4.69) is 30.2 Å². The van der Waals surface area contributed by atoms with Gasteiger partial charge in [-0.3, -0.25) is 0 Å². The second-order valence-electron chi connectivity index (χ2n) is 5.80. The molecule has 0 saturated carbocycles. The Morgan fingerprint density at radius 1 is 1.43 bits per heavy atom. The first kappa shape index (κ1) is 14.5. The van der Waals surface area contributed by atoms with Crippen LogP contribution in [-0.2, 0) is 19.5 Å². The van der Waals surface area contributed by atoms with E-state index in [4.69, 9.17) is 4.52 Å². The first-order valence-corrected chi connectivity index (χ1v) is 8.63. The number of nitrogens with zero attached hydrogens (tertiary/aromatic N) is 5. The summed E-state index contributed by atoms with van der Waals surface area (Å²) in [5.74, 6) is 3.99. The molecule has 0 bridgehead atoms. The van der Waals surface area contributed by atoms with Crippen LogP contribution in [0.3, 0.4) is 0 Å². The van der Waals surface area contributed by atoms with E-state index in [1.807, 2.05) is 24.4 Å². The van der Waals surface area contributed by atoms with Crippen LogP contribution in [0.15, 0.2) is 22.0 Å². The number of nitrogens with one attached hydrogen (secondary N) is 1. The van der Waals surface area contributed by atoms with E-state index in [0.717, 1.165) is 42.5 Å². The number of hydrogen-bond donors (Lipinski definition) is 1. The van der Waals surface area contributed by atoms with E-state index in [0.29, 0.717) is 24.2 Å². The molecule has 3 aromatic rings. The smallest absolute Gasteiger partial charge is 0.240 e. The standard InChI is InChI=1S/C15H18N6OS/c1-10-18-19-13-5-4-11(9-21(10)13)7-16-8-14-17-15(20-22-14)12-3-2-6-23-12/h2-3,6,11,16H,4-5,7-9H2,1H3/t11-/m1/s1. The van der Waals surface area contributed by atoms with Gasteiger partial charge in [0.2, 0.25) is 11.7 Å². The predicted octanol–water partition coefficient (Wildman–Crippen LogP) is 2.05. The number of rotatable bonds is 5. The fraction of sp³-hybridized carbons (Fsp3) is 0.467. The van der Waals surface area contributed by atoms with Gasteiger partial charge in [0.1, 0.15) is 11.6 Å². The molecule has 1 N–H and O–H groups in total. The quantitative estimate of drug-likeness (QED) is 0.771. The molecule has 1 atom stereocenters. The van der Waals surface area contributed by atoms with Crippen LogP contribution in [0.2, 0.25) is 0 Å². The minimum atomic E-state index is 0.580. The van der Waals surface area contributed by atoms with Crippen molar-refractivity contribution < 1.29 is 4.52 Å². The molecule has 4 heterocycles. The van der Waals surface area contributed by atoms with Crippen LogP contribution < -0.4 is 5.32 Å². The Morgan fingerprint density at radius 2 is 2.39 bits per heavy atom. The van der Waals surface area contributed by atoms with Crippen molar-refractivity contribution >= 4 is 11.3 Å². The van der Waals surface area contributed by atoms with Gasteiger partial charge in [-0.15, -0.1) is 21.5 Å². The number of fused-ring (bicyclic) bond motifs is 1. The van der Waals surface area contributed by atoms with Gasteiger partial charge in [0.05, 0.1) is 11.4 Å². The summed E-state index contributed by atoms with van der Waals surface area (Å²) in [5, 5.41) is 17.8. The summed E-state index contributed by atoms with van der Waals surface area (Å²) in [7, 11) is 0. The molecular weight excluding hydrogens is 312 g/mol. The third kappa shape index (κ3) is 3.04. The van der Waals surface area contributed by atoms with Crippen molar-refractivity contribution in [3.8, 4) is 10.7 Å². The highest BCUT2D eigenvalue weighted by molar-refractivity contribution is 7.13. The van der Waals surface area contributed by atoms with Gasteiger partial charge in [0, 0.05) is 19.5 Å². The van der Waals surface area contributed by atoms with Gasteiger partial charge in [-0.05, 0) is 30.7 Å². The van der Waals surface area contributed by atoms with Crippen molar-refractivity contribution in [2.75, 3.05) is 6.54 Å². The molecule has 23 heavy (non-hydrogen) atoms. The van der Waals surface area contributed by atoms with Crippen LogP contribution >= 0.6 is 11.3 Å². The fourth-order valence-electron chi connectivity index (χ4n) is 2.91. The fourth-order valence-corrected chi connectivity index (χ4v) is 3.56. The first-order valence-electron chi connectivity index (χ1n) is 7.75. The summed E-state index contributed by atoms with van der Waals surface area (Å²) in [6.45, 7) is 4.51. The van der Waals surface area contributed by atoms with Crippen LogP contribution in [0.5, 0.6) is 0 Å². The normalized spacial score (nSPS) is 17.3. The lowest BCUT2D eigenvalue weighted by Crippen LogP contribution is -2.30. The minimum absolute atomic E-state index is 0.580. The summed E-state index contributed by atoms with van der Waals surface area (Å²) >= 11 is 1.61. The number of thiophene rings is 1. The van der Waals surface area contributed by atoms with Gasteiger partial charge >= 0.3 is 0 Å². The molecule has 1 aliphatic rings. The molecule has 0 unspecified atom stereocenters. The minimum Gasteiger partial charge on any atom is -0.338 e. The summed E-state index contributed by atoms with van der Waals surface area (Å²) in [4.78, 5) is 5.45. The van der Waals surface area contributed by atoms with Gasteiger partial charge in [-0.2, -0.15) is 4.98 Å². The molecule has 0 saturated heterocycles. The SMILES string of the molecule is Cc1nnc2n1C[C@@H](CNCc1nc(-c3cccs3)no1)CC2. The lowest BCUT2D eigenvalue weighted by molar-refractivity contribution is 0.325. The Bertz CT molecular complexity index is 778. The molecule has 120 valence electrons. The maximum atomic E-state index is 5.30. The molecule has 0 aliphatic carbocycles. The Morgan fingerprint density at radius 3 is 3.26 bits per heavy atom. The monoisotopic (exact) mass is 330 g/mol. The van der Waals surface area contributed by atoms with Crippen LogP contribution in [0.25, 0.3) is 10.7 Å². The van der Waals surface area contributed by atoms with Gasteiger partial charge < -0.3 is 14.4 Å². The van der Waals surface area contributed by atoms with Crippen molar-refractivity contribution in [2.45, 2.75) is 32.9 Å². The third-order valence-corrected chi connectivity index (χ3v) is 5.01. The average Bonchev–Trinajstić information content (AvgIpc) is 3.29. The lowest BCUT2D eigenvalue weighted by atomic mass is 9.99. The zero-order chi connectivity index (χ0) is 15.6. The highest BCUT2D eigenvalue weighted by Crippen LogP contribution is 2.21. The van der Waals surface area contributed by atoms with E-state index in [9.17, 15) is 0 Å². The number of aromatic nitrogens is 5. The molecule has 8 heteroatoms. The predicted molar refractivity (Wildman–Crippen MR) is 85.9 cm³/mol. The second kappa shape index (κ2) is 6.21. The Balaban J connectivity index is 1.30. The topological polar surface area (TPSA) is 81.7 Å². The highest BCUT2D eigenvalue weighted by Gasteiger charge is 2.21.